The molecule has 0 aliphatic heterocycles. The maximum Gasteiger partial charge on any atom is 0.413 e. The van der Waals surface area contributed by atoms with Gasteiger partial charge in [0.25, 0.3) is 10.1 Å². The Morgan fingerprint density at radius 1 is 1.52 bits per heavy atom. The summed E-state index contributed by atoms with van der Waals surface area (Å²) < 4.78 is 35.8. The summed E-state index contributed by atoms with van der Waals surface area (Å²) in [6.45, 7) is 6.86. The molecule has 0 spiro atoms. The number of carbonyl (C=O) groups is 1. The second-order valence-electron chi connectivity index (χ2n) is 5.20. The number of allylic oxidation sites excluding steroid dienone is 1. The Hall–Kier alpha value is -1.45. The number of hydrogen-bond acceptors (Lipinski definition) is 6. The van der Waals surface area contributed by atoms with Crippen molar-refractivity contribution in [3.63, 3.8) is 0 Å². The third-order valence-electron chi connectivity index (χ3n) is 2.13. The molecule has 0 saturated heterocycles. The molecule has 7 nitrogen and oxygen atoms in total. The van der Waals surface area contributed by atoms with E-state index in [0.717, 1.165) is 11.3 Å². The molecule has 9 heteroatoms. The van der Waals surface area contributed by atoms with Crippen LogP contribution in [0.4, 0.5) is 9.93 Å². The van der Waals surface area contributed by atoms with Gasteiger partial charge in [0.2, 0.25) is 0 Å². The molecule has 0 atom stereocenters. The van der Waals surface area contributed by atoms with Gasteiger partial charge in [0.05, 0.1) is 5.69 Å². The molecular weight excluding hydrogens is 316 g/mol. The zero-order valence-corrected chi connectivity index (χ0v) is 13.8. The van der Waals surface area contributed by atoms with Gasteiger partial charge < -0.3 is 4.74 Å². The van der Waals surface area contributed by atoms with E-state index < -0.39 is 27.6 Å². The van der Waals surface area contributed by atoms with Gasteiger partial charge in [-0.25, -0.2) is 9.78 Å². The molecule has 0 aliphatic carbocycles. The van der Waals surface area contributed by atoms with Crippen molar-refractivity contribution in [2.45, 2.75) is 33.3 Å². The Kier molecular flexibility index (Phi) is 5.48. The Balaban J connectivity index is 2.79. The number of ether oxygens (including phenoxy) is 1. The van der Waals surface area contributed by atoms with Gasteiger partial charge in [-0.15, -0.1) is 11.3 Å². The number of aromatic nitrogens is 1. The summed E-state index contributed by atoms with van der Waals surface area (Å²) in [5.74, 6) is -0.529. The van der Waals surface area contributed by atoms with E-state index in [1.807, 2.05) is 0 Å². The number of thiazole rings is 1. The maximum atomic E-state index is 11.6. The molecule has 0 unspecified atom stereocenters. The predicted molar refractivity (Wildman–Crippen MR) is 82.0 cm³/mol. The Labute approximate surface area is 127 Å². The van der Waals surface area contributed by atoms with Gasteiger partial charge in [-0.3, -0.25) is 9.87 Å². The van der Waals surface area contributed by atoms with Crippen LogP contribution in [0, 0.1) is 0 Å². The van der Waals surface area contributed by atoms with E-state index in [-0.39, 0.29) is 5.13 Å². The molecule has 1 amide bonds. The van der Waals surface area contributed by atoms with E-state index in [4.69, 9.17) is 9.29 Å². The molecular formula is C12H18N2O5S2. The van der Waals surface area contributed by atoms with Crippen LogP contribution in [0.25, 0.3) is 5.57 Å². The Morgan fingerprint density at radius 2 is 2.14 bits per heavy atom. The number of rotatable bonds is 4. The first-order valence-electron chi connectivity index (χ1n) is 6.06. The lowest BCUT2D eigenvalue weighted by Crippen LogP contribution is -2.27. The second kappa shape index (κ2) is 6.54. The minimum atomic E-state index is -4.14. The largest absolute Gasteiger partial charge is 0.444 e. The van der Waals surface area contributed by atoms with E-state index in [0.29, 0.717) is 11.3 Å². The quantitative estimate of drug-likeness (QED) is 0.820. The van der Waals surface area contributed by atoms with Crippen LogP contribution in [0.15, 0.2) is 11.5 Å². The van der Waals surface area contributed by atoms with Crippen molar-refractivity contribution in [3.8, 4) is 0 Å². The molecule has 1 heterocycles. The first-order chi connectivity index (χ1) is 9.50. The van der Waals surface area contributed by atoms with Crippen molar-refractivity contribution in [2.75, 3.05) is 11.1 Å². The van der Waals surface area contributed by atoms with Crippen LogP contribution in [-0.2, 0) is 14.9 Å². The minimum Gasteiger partial charge on any atom is -0.444 e. The number of amides is 1. The highest BCUT2D eigenvalue weighted by atomic mass is 32.2. The first-order valence-corrected chi connectivity index (χ1v) is 8.55. The highest BCUT2D eigenvalue weighted by molar-refractivity contribution is 7.86. The van der Waals surface area contributed by atoms with Crippen molar-refractivity contribution in [1.82, 2.24) is 4.98 Å². The maximum absolute atomic E-state index is 11.6. The highest BCUT2D eigenvalue weighted by Crippen LogP contribution is 2.23. The van der Waals surface area contributed by atoms with E-state index in [9.17, 15) is 13.2 Å². The summed E-state index contributed by atoms with van der Waals surface area (Å²) in [6.07, 6.45) is 0.903. The van der Waals surface area contributed by atoms with Crippen molar-refractivity contribution in [2.24, 2.45) is 0 Å². The number of hydrogen-bond donors (Lipinski definition) is 2. The fourth-order valence-corrected chi connectivity index (χ4v) is 2.80. The van der Waals surface area contributed by atoms with Crippen LogP contribution in [0.3, 0.4) is 0 Å². The molecule has 1 aromatic rings. The van der Waals surface area contributed by atoms with Gasteiger partial charge in [0.15, 0.2) is 5.13 Å². The normalized spacial score (nSPS) is 13.1. The third-order valence-corrected chi connectivity index (χ3v) is 3.56. The van der Waals surface area contributed by atoms with Gasteiger partial charge in [-0.1, -0.05) is 6.08 Å². The van der Waals surface area contributed by atoms with Crippen LogP contribution >= 0.6 is 11.3 Å². The first kappa shape index (κ1) is 17.6. The summed E-state index contributed by atoms with van der Waals surface area (Å²) in [7, 11) is -4.14. The summed E-state index contributed by atoms with van der Waals surface area (Å²) >= 11 is 1.13. The smallest absolute Gasteiger partial charge is 0.413 e. The van der Waals surface area contributed by atoms with E-state index in [1.165, 1.54) is 0 Å². The van der Waals surface area contributed by atoms with Crippen molar-refractivity contribution < 1.29 is 22.5 Å². The van der Waals surface area contributed by atoms with Gasteiger partial charge >= 0.3 is 6.09 Å². The number of carbonyl (C=O) groups excluding carboxylic acids is 1. The van der Waals surface area contributed by atoms with Crippen LogP contribution in [0.5, 0.6) is 0 Å². The molecule has 0 bridgehead atoms. The Morgan fingerprint density at radius 3 is 2.62 bits per heavy atom. The van der Waals surface area contributed by atoms with Crippen molar-refractivity contribution in [1.29, 1.82) is 0 Å². The van der Waals surface area contributed by atoms with Crippen LogP contribution in [-0.4, -0.2) is 35.4 Å². The highest BCUT2D eigenvalue weighted by Gasteiger charge is 2.18. The molecule has 0 aliphatic rings. The second-order valence-corrected chi connectivity index (χ2v) is 7.52. The van der Waals surface area contributed by atoms with Crippen LogP contribution in [0.2, 0.25) is 0 Å². The number of nitrogens with one attached hydrogen (secondary N) is 1. The van der Waals surface area contributed by atoms with Gasteiger partial charge in [0, 0.05) is 5.38 Å². The van der Waals surface area contributed by atoms with Gasteiger partial charge in [-0.05, 0) is 33.3 Å². The molecule has 1 aromatic heterocycles. The lowest BCUT2D eigenvalue weighted by atomic mass is 10.2. The minimum absolute atomic E-state index is 0.286. The molecule has 0 aromatic carbocycles. The zero-order chi connectivity index (χ0) is 16.3. The summed E-state index contributed by atoms with van der Waals surface area (Å²) in [4.78, 5) is 15.7. The van der Waals surface area contributed by atoms with Gasteiger partial charge in [0.1, 0.15) is 11.4 Å². The standard InChI is InChI=1S/C12H18N2O5S2/c1-5-8(7-21(16,17)18)9-6-20-10(13-9)14-11(15)19-12(2,3)4/h5-6H,7H2,1-4H3,(H,13,14,15)(H,16,17,18)/b8-5-. The molecule has 0 saturated carbocycles. The average molecular weight is 334 g/mol. The molecule has 1 rings (SSSR count). The molecule has 118 valence electrons. The average Bonchev–Trinajstić information content (AvgIpc) is 2.70. The summed E-state index contributed by atoms with van der Waals surface area (Å²) in [5, 5.41) is 4.34. The fourth-order valence-electron chi connectivity index (χ4n) is 1.37. The van der Waals surface area contributed by atoms with Crippen LogP contribution < -0.4 is 5.32 Å². The predicted octanol–water partition coefficient (Wildman–Crippen LogP) is 2.78. The zero-order valence-electron chi connectivity index (χ0n) is 12.2. The van der Waals surface area contributed by atoms with Crippen LogP contribution in [0.1, 0.15) is 33.4 Å². The van der Waals surface area contributed by atoms with E-state index in [2.05, 4.69) is 10.3 Å². The molecule has 21 heavy (non-hydrogen) atoms. The summed E-state index contributed by atoms with van der Waals surface area (Å²) in [6, 6.07) is 0. The van der Waals surface area contributed by atoms with Gasteiger partial charge in [-0.2, -0.15) is 8.42 Å². The molecule has 2 N–H and O–H groups in total. The number of anilines is 1. The van der Waals surface area contributed by atoms with Crippen molar-refractivity contribution >= 4 is 38.3 Å². The topological polar surface area (TPSA) is 106 Å². The van der Waals surface area contributed by atoms with E-state index in [1.54, 1.807) is 39.2 Å². The SMILES string of the molecule is C/C=C(/CS(=O)(=O)O)c1csc(NC(=O)OC(C)(C)C)n1. The lowest BCUT2D eigenvalue weighted by molar-refractivity contribution is 0.0636. The van der Waals surface area contributed by atoms with E-state index >= 15 is 0 Å². The fraction of sp³-hybridized carbons (Fsp3) is 0.500. The molecule has 0 radical (unpaired) electrons. The Bertz CT molecular complexity index is 641. The lowest BCUT2D eigenvalue weighted by Gasteiger charge is -2.18. The van der Waals surface area contributed by atoms with Crippen molar-refractivity contribution in [3.05, 3.63) is 17.2 Å². The third kappa shape index (κ3) is 6.69. The summed E-state index contributed by atoms with van der Waals surface area (Å²) in [5.41, 5.74) is 0.112. The molecule has 0 fully saturated rings. The monoisotopic (exact) mass is 334 g/mol. The number of nitrogens with zero attached hydrogens (tertiary/aromatic N) is 1.